The van der Waals surface area contributed by atoms with Gasteiger partial charge in [-0.3, -0.25) is 10.1 Å². The molecule has 2 aromatic carbocycles. The summed E-state index contributed by atoms with van der Waals surface area (Å²) in [5, 5.41) is 2.58. The Kier molecular flexibility index (Phi) is 6.98. The molecule has 0 fully saturated rings. The molecule has 1 atom stereocenters. The highest BCUT2D eigenvalue weighted by molar-refractivity contribution is 6.01. The normalized spacial score (nSPS) is 11.9. The van der Waals surface area contributed by atoms with E-state index in [9.17, 15) is 14.4 Å². The summed E-state index contributed by atoms with van der Waals surface area (Å²) in [6, 6.07) is 12.7. The van der Waals surface area contributed by atoms with E-state index in [1.54, 1.807) is 57.2 Å². The number of amides is 1. The Labute approximate surface area is 170 Å². The highest BCUT2D eigenvalue weighted by Gasteiger charge is 2.21. The largest absolute Gasteiger partial charge is 0.497 e. The van der Waals surface area contributed by atoms with Crippen molar-refractivity contribution in [3.63, 3.8) is 0 Å². The third-order valence-corrected chi connectivity index (χ3v) is 3.79. The molecule has 1 amide bonds. The highest BCUT2D eigenvalue weighted by atomic mass is 16.6. The fourth-order valence-corrected chi connectivity index (χ4v) is 2.38. The minimum absolute atomic E-state index is 0.258. The summed E-state index contributed by atoms with van der Waals surface area (Å²) >= 11 is 0. The summed E-state index contributed by atoms with van der Waals surface area (Å²) in [7, 11) is 1.54. The predicted octanol–water partition coefficient (Wildman–Crippen LogP) is 4.47. The number of nitrogens with one attached hydrogen (secondary N) is 1. The Morgan fingerprint density at radius 2 is 1.45 bits per heavy atom. The van der Waals surface area contributed by atoms with Gasteiger partial charge in [-0.2, -0.15) is 0 Å². The number of benzene rings is 2. The third-order valence-electron chi connectivity index (χ3n) is 3.79. The number of hydrogen-bond donors (Lipinski definition) is 1. The molecule has 7 heteroatoms. The summed E-state index contributed by atoms with van der Waals surface area (Å²) in [5.41, 5.74) is 0.538. The monoisotopic (exact) mass is 399 g/mol. The first-order valence-corrected chi connectivity index (χ1v) is 9.08. The van der Waals surface area contributed by atoms with Gasteiger partial charge in [0.05, 0.1) is 12.7 Å². The van der Waals surface area contributed by atoms with E-state index in [-0.39, 0.29) is 11.3 Å². The zero-order valence-electron chi connectivity index (χ0n) is 17.1. The van der Waals surface area contributed by atoms with Crippen LogP contribution < -0.4 is 10.1 Å². The van der Waals surface area contributed by atoms with Crippen LogP contribution in [-0.4, -0.2) is 36.7 Å². The topological polar surface area (TPSA) is 90.9 Å². The molecule has 29 heavy (non-hydrogen) atoms. The van der Waals surface area contributed by atoms with Crippen molar-refractivity contribution in [1.82, 2.24) is 0 Å². The van der Waals surface area contributed by atoms with Gasteiger partial charge in [0.1, 0.15) is 11.4 Å². The zero-order valence-corrected chi connectivity index (χ0v) is 17.1. The van der Waals surface area contributed by atoms with Crippen molar-refractivity contribution in [2.45, 2.75) is 39.4 Å². The molecule has 0 saturated heterocycles. The standard InChI is InChI=1S/C22H25NO6/c1-14(19(24)15-8-12-18(27-5)13-9-15)28-20(25)16-6-10-17(11-7-16)23-21(26)29-22(2,3)4/h6-14H,1-5H3,(H,23,26)/t14-/m0/s1. The van der Waals surface area contributed by atoms with Crippen LogP contribution in [0.5, 0.6) is 5.75 Å². The maximum atomic E-state index is 12.4. The number of ketones is 1. The van der Waals surface area contributed by atoms with Crippen molar-refractivity contribution in [2.24, 2.45) is 0 Å². The van der Waals surface area contributed by atoms with Crippen LogP contribution in [0.4, 0.5) is 10.5 Å². The number of ether oxygens (including phenoxy) is 3. The molecule has 154 valence electrons. The molecule has 0 aliphatic rings. The smallest absolute Gasteiger partial charge is 0.412 e. The van der Waals surface area contributed by atoms with Gasteiger partial charge < -0.3 is 14.2 Å². The second-order valence-corrected chi connectivity index (χ2v) is 7.34. The molecule has 2 rings (SSSR count). The van der Waals surface area contributed by atoms with E-state index in [1.165, 1.54) is 26.2 Å². The van der Waals surface area contributed by atoms with Gasteiger partial charge in [-0.25, -0.2) is 9.59 Å². The molecule has 0 aromatic heterocycles. The fourth-order valence-electron chi connectivity index (χ4n) is 2.38. The molecule has 2 aromatic rings. The summed E-state index contributed by atoms with van der Waals surface area (Å²) in [4.78, 5) is 36.5. The zero-order chi connectivity index (χ0) is 21.6. The molecule has 0 unspecified atom stereocenters. The van der Waals surface area contributed by atoms with Crippen molar-refractivity contribution < 1.29 is 28.6 Å². The van der Waals surface area contributed by atoms with Crippen LogP contribution in [0.3, 0.4) is 0 Å². The highest BCUT2D eigenvalue weighted by Crippen LogP contribution is 2.16. The summed E-state index contributed by atoms with van der Waals surface area (Å²) in [6.07, 6.45) is -1.54. The van der Waals surface area contributed by atoms with Crippen LogP contribution in [0.2, 0.25) is 0 Å². The van der Waals surface area contributed by atoms with Crippen molar-refractivity contribution in [1.29, 1.82) is 0 Å². The minimum atomic E-state index is -0.949. The number of methoxy groups -OCH3 is 1. The fraction of sp³-hybridized carbons (Fsp3) is 0.318. The Morgan fingerprint density at radius 1 is 0.897 bits per heavy atom. The van der Waals surface area contributed by atoms with E-state index in [1.807, 2.05) is 0 Å². The van der Waals surface area contributed by atoms with E-state index < -0.39 is 23.8 Å². The van der Waals surface area contributed by atoms with Gasteiger partial charge in [-0.1, -0.05) is 0 Å². The third kappa shape index (κ3) is 6.64. The van der Waals surface area contributed by atoms with Crippen LogP contribution in [-0.2, 0) is 9.47 Å². The van der Waals surface area contributed by atoms with Gasteiger partial charge in [0.2, 0.25) is 5.78 Å². The Hall–Kier alpha value is -3.35. The predicted molar refractivity (Wildman–Crippen MR) is 109 cm³/mol. The molecular formula is C22H25NO6. The molecule has 0 bridgehead atoms. The number of rotatable bonds is 6. The molecule has 0 saturated carbocycles. The van der Waals surface area contributed by atoms with Gasteiger partial charge >= 0.3 is 12.1 Å². The quantitative estimate of drug-likeness (QED) is 0.569. The van der Waals surface area contributed by atoms with Crippen molar-refractivity contribution in [3.05, 3.63) is 59.7 Å². The average molecular weight is 399 g/mol. The Morgan fingerprint density at radius 3 is 1.97 bits per heavy atom. The second kappa shape index (κ2) is 9.23. The number of hydrogen-bond acceptors (Lipinski definition) is 6. The van der Waals surface area contributed by atoms with Gasteiger partial charge in [0.15, 0.2) is 6.10 Å². The van der Waals surface area contributed by atoms with Crippen molar-refractivity contribution in [2.75, 3.05) is 12.4 Å². The van der Waals surface area contributed by atoms with Gasteiger partial charge in [-0.05, 0) is 76.2 Å². The van der Waals surface area contributed by atoms with Crippen LogP contribution in [0.15, 0.2) is 48.5 Å². The molecule has 0 aliphatic carbocycles. The molecular weight excluding hydrogens is 374 g/mol. The van der Waals surface area contributed by atoms with E-state index in [2.05, 4.69) is 5.32 Å². The first kappa shape index (κ1) is 21.9. The lowest BCUT2D eigenvalue weighted by molar-refractivity contribution is 0.0319. The number of Topliss-reactive ketones (excluding diaryl/α,β-unsaturated/α-hetero) is 1. The minimum Gasteiger partial charge on any atom is -0.497 e. The number of carbonyl (C=O) groups is 3. The van der Waals surface area contributed by atoms with E-state index in [4.69, 9.17) is 14.2 Å². The first-order valence-electron chi connectivity index (χ1n) is 9.08. The number of esters is 1. The molecule has 1 N–H and O–H groups in total. The SMILES string of the molecule is COc1ccc(C(=O)[C@H](C)OC(=O)c2ccc(NC(=O)OC(C)(C)C)cc2)cc1. The molecule has 0 aliphatic heterocycles. The first-order chi connectivity index (χ1) is 13.6. The maximum Gasteiger partial charge on any atom is 0.412 e. The van der Waals surface area contributed by atoms with Gasteiger partial charge in [0, 0.05) is 11.3 Å². The average Bonchev–Trinajstić information content (AvgIpc) is 2.66. The van der Waals surface area contributed by atoms with Crippen LogP contribution in [0.1, 0.15) is 48.4 Å². The lowest BCUT2D eigenvalue weighted by atomic mass is 10.1. The Bertz CT molecular complexity index is 866. The molecule has 0 heterocycles. The number of carbonyl (C=O) groups excluding carboxylic acids is 3. The van der Waals surface area contributed by atoms with Gasteiger partial charge in [0.25, 0.3) is 0 Å². The Balaban J connectivity index is 1.95. The van der Waals surface area contributed by atoms with E-state index in [0.717, 1.165) is 0 Å². The van der Waals surface area contributed by atoms with E-state index >= 15 is 0 Å². The summed E-state index contributed by atoms with van der Waals surface area (Å²) in [5.74, 6) is -0.321. The molecule has 0 radical (unpaired) electrons. The van der Waals surface area contributed by atoms with E-state index in [0.29, 0.717) is 17.0 Å². The second-order valence-electron chi connectivity index (χ2n) is 7.34. The lowest BCUT2D eigenvalue weighted by Gasteiger charge is -2.19. The maximum absolute atomic E-state index is 12.4. The summed E-state index contributed by atoms with van der Waals surface area (Å²) < 4.78 is 15.5. The molecule has 7 nitrogen and oxygen atoms in total. The van der Waals surface area contributed by atoms with Gasteiger partial charge in [-0.15, -0.1) is 0 Å². The lowest BCUT2D eigenvalue weighted by Crippen LogP contribution is -2.27. The molecule has 0 spiro atoms. The summed E-state index contributed by atoms with van der Waals surface area (Å²) in [6.45, 7) is 6.81. The van der Waals surface area contributed by atoms with Crippen molar-refractivity contribution in [3.8, 4) is 5.75 Å². The van der Waals surface area contributed by atoms with Crippen LogP contribution >= 0.6 is 0 Å². The number of anilines is 1. The van der Waals surface area contributed by atoms with Crippen LogP contribution in [0, 0.1) is 0 Å². The van der Waals surface area contributed by atoms with Crippen LogP contribution in [0.25, 0.3) is 0 Å². The van der Waals surface area contributed by atoms with Crippen molar-refractivity contribution >= 4 is 23.5 Å².